The summed E-state index contributed by atoms with van der Waals surface area (Å²) in [5, 5.41) is 9.45. The molecule has 3 rings (SSSR count). The van der Waals surface area contributed by atoms with Crippen molar-refractivity contribution in [2.75, 3.05) is 0 Å². The zero-order valence-corrected chi connectivity index (χ0v) is 13.8. The third kappa shape index (κ3) is 3.66. The van der Waals surface area contributed by atoms with Crippen LogP contribution in [0.5, 0.6) is 0 Å². The summed E-state index contributed by atoms with van der Waals surface area (Å²) in [6, 6.07) is 15.0. The summed E-state index contributed by atoms with van der Waals surface area (Å²) < 4.78 is 1.42. The third-order valence-corrected chi connectivity index (χ3v) is 4.04. The Morgan fingerprint density at radius 3 is 2.60 bits per heavy atom. The van der Waals surface area contributed by atoms with E-state index in [4.69, 9.17) is 5.11 Å². The average molecular weight is 334 g/mol. The minimum Gasteiger partial charge on any atom is -0.481 e. The lowest BCUT2D eigenvalue weighted by molar-refractivity contribution is -0.137. The van der Waals surface area contributed by atoms with Crippen molar-refractivity contribution in [3.05, 3.63) is 75.8 Å². The first-order chi connectivity index (χ1) is 12.1. The lowest BCUT2D eigenvalue weighted by Crippen LogP contribution is -2.25. The second-order valence-corrected chi connectivity index (χ2v) is 5.78. The van der Waals surface area contributed by atoms with Crippen LogP contribution < -0.4 is 5.56 Å². The molecule has 0 unspecified atom stereocenters. The molecule has 2 aromatic carbocycles. The number of rotatable bonds is 5. The molecule has 0 bridgehead atoms. The van der Waals surface area contributed by atoms with Crippen LogP contribution in [0, 0.1) is 6.92 Å². The van der Waals surface area contributed by atoms with Crippen molar-refractivity contribution in [2.24, 2.45) is 0 Å². The van der Waals surface area contributed by atoms with Gasteiger partial charge in [0, 0.05) is 6.54 Å². The minimum absolute atomic E-state index is 0.0828. The Balaban J connectivity index is 2.11. The second-order valence-electron chi connectivity index (χ2n) is 5.78. The molecule has 0 aliphatic rings. The molecular formula is C20H18N2O3. The van der Waals surface area contributed by atoms with E-state index >= 15 is 0 Å². The fourth-order valence-electron chi connectivity index (χ4n) is 2.67. The van der Waals surface area contributed by atoms with Gasteiger partial charge in [-0.05, 0) is 36.3 Å². The minimum atomic E-state index is -0.950. The number of carbonyl (C=O) groups is 1. The summed E-state index contributed by atoms with van der Waals surface area (Å²) in [5.74, 6) is -0.498. The van der Waals surface area contributed by atoms with E-state index in [0.717, 1.165) is 11.1 Å². The van der Waals surface area contributed by atoms with Crippen molar-refractivity contribution in [3.63, 3.8) is 0 Å². The Hall–Kier alpha value is -3.21. The molecule has 0 amide bonds. The van der Waals surface area contributed by atoms with Crippen molar-refractivity contribution < 1.29 is 9.90 Å². The predicted molar refractivity (Wildman–Crippen MR) is 98.4 cm³/mol. The number of benzene rings is 2. The summed E-state index contributed by atoms with van der Waals surface area (Å²) in [6.07, 6.45) is 3.52. The highest BCUT2D eigenvalue weighted by Gasteiger charge is 2.10. The van der Waals surface area contributed by atoms with Gasteiger partial charge in [0.2, 0.25) is 0 Å². The van der Waals surface area contributed by atoms with E-state index in [-0.39, 0.29) is 18.5 Å². The largest absolute Gasteiger partial charge is 0.481 e. The van der Waals surface area contributed by atoms with Crippen LogP contribution in [0.15, 0.2) is 53.3 Å². The van der Waals surface area contributed by atoms with Gasteiger partial charge in [-0.15, -0.1) is 0 Å². The van der Waals surface area contributed by atoms with E-state index in [1.165, 1.54) is 4.57 Å². The van der Waals surface area contributed by atoms with Crippen LogP contribution in [0.3, 0.4) is 0 Å². The monoisotopic (exact) mass is 334 g/mol. The SMILES string of the molecule is Cc1ccccc1/C=C/c1nc2ccccc2c(=O)n1CCC(=O)O. The Labute approximate surface area is 144 Å². The molecule has 5 nitrogen and oxygen atoms in total. The number of hydrogen-bond donors (Lipinski definition) is 1. The fraction of sp³-hybridized carbons (Fsp3) is 0.150. The number of aliphatic carboxylic acids is 1. The number of para-hydroxylation sites is 1. The molecule has 0 fully saturated rings. The maximum absolute atomic E-state index is 12.7. The molecule has 1 heterocycles. The summed E-state index contributed by atoms with van der Waals surface area (Å²) in [4.78, 5) is 28.2. The van der Waals surface area contributed by atoms with Gasteiger partial charge in [-0.3, -0.25) is 14.2 Å². The van der Waals surface area contributed by atoms with Gasteiger partial charge in [-0.25, -0.2) is 4.98 Å². The van der Waals surface area contributed by atoms with E-state index in [0.29, 0.717) is 16.7 Å². The number of fused-ring (bicyclic) bond motifs is 1. The molecule has 0 aliphatic heterocycles. The average Bonchev–Trinajstić information content (AvgIpc) is 2.60. The first kappa shape index (κ1) is 16.6. The third-order valence-electron chi connectivity index (χ3n) is 4.04. The van der Waals surface area contributed by atoms with E-state index in [1.54, 1.807) is 24.3 Å². The Morgan fingerprint density at radius 2 is 1.84 bits per heavy atom. The van der Waals surface area contributed by atoms with Gasteiger partial charge < -0.3 is 5.11 Å². The lowest BCUT2D eigenvalue weighted by atomic mass is 10.1. The first-order valence-electron chi connectivity index (χ1n) is 8.01. The van der Waals surface area contributed by atoms with Crippen molar-refractivity contribution in [1.29, 1.82) is 0 Å². The molecule has 126 valence electrons. The zero-order chi connectivity index (χ0) is 17.8. The summed E-state index contributed by atoms with van der Waals surface area (Å²) >= 11 is 0. The fourth-order valence-corrected chi connectivity index (χ4v) is 2.67. The number of aromatic nitrogens is 2. The summed E-state index contributed by atoms with van der Waals surface area (Å²) in [5.41, 5.74) is 2.51. The molecule has 0 aliphatic carbocycles. The van der Waals surface area contributed by atoms with Crippen molar-refractivity contribution in [2.45, 2.75) is 19.9 Å². The lowest BCUT2D eigenvalue weighted by Gasteiger charge is -2.10. The van der Waals surface area contributed by atoms with Gasteiger partial charge in [0.1, 0.15) is 5.82 Å². The molecule has 1 N–H and O–H groups in total. The van der Waals surface area contributed by atoms with Gasteiger partial charge in [-0.2, -0.15) is 0 Å². The molecule has 0 saturated carbocycles. The number of nitrogens with zero attached hydrogens (tertiary/aromatic N) is 2. The van der Waals surface area contributed by atoms with Crippen LogP contribution in [-0.4, -0.2) is 20.6 Å². The number of carboxylic acid groups (broad SMARTS) is 1. The van der Waals surface area contributed by atoms with Crippen molar-refractivity contribution in [3.8, 4) is 0 Å². The molecular weight excluding hydrogens is 316 g/mol. The topological polar surface area (TPSA) is 72.2 Å². The Bertz CT molecular complexity index is 1020. The smallest absolute Gasteiger partial charge is 0.305 e. The van der Waals surface area contributed by atoms with Gasteiger partial charge >= 0.3 is 5.97 Å². The first-order valence-corrected chi connectivity index (χ1v) is 8.01. The highest BCUT2D eigenvalue weighted by molar-refractivity contribution is 5.79. The number of hydrogen-bond acceptors (Lipinski definition) is 3. The highest BCUT2D eigenvalue weighted by atomic mass is 16.4. The molecule has 0 spiro atoms. The van der Waals surface area contributed by atoms with Crippen LogP contribution in [0.2, 0.25) is 0 Å². The van der Waals surface area contributed by atoms with E-state index in [9.17, 15) is 9.59 Å². The molecule has 1 aromatic heterocycles. The normalized spacial score (nSPS) is 11.2. The Morgan fingerprint density at radius 1 is 1.12 bits per heavy atom. The number of carboxylic acids is 1. The van der Waals surface area contributed by atoms with E-state index < -0.39 is 5.97 Å². The molecule has 0 saturated heterocycles. The van der Waals surface area contributed by atoms with Crippen LogP contribution >= 0.6 is 0 Å². The van der Waals surface area contributed by atoms with Gasteiger partial charge in [0.25, 0.3) is 5.56 Å². The molecule has 25 heavy (non-hydrogen) atoms. The van der Waals surface area contributed by atoms with Gasteiger partial charge in [-0.1, -0.05) is 42.5 Å². The molecule has 3 aromatic rings. The highest BCUT2D eigenvalue weighted by Crippen LogP contribution is 2.13. The molecule has 5 heteroatoms. The Kier molecular flexibility index (Phi) is 4.75. The summed E-state index contributed by atoms with van der Waals surface area (Å²) in [6.45, 7) is 2.09. The van der Waals surface area contributed by atoms with Crippen molar-refractivity contribution in [1.82, 2.24) is 9.55 Å². The molecule has 0 atom stereocenters. The standard InChI is InChI=1S/C20H18N2O3/c1-14-6-2-3-7-15(14)10-11-18-21-17-9-5-4-8-16(17)20(25)22(18)13-12-19(23)24/h2-11H,12-13H2,1H3,(H,23,24)/b11-10+. The van der Waals surface area contributed by atoms with Crippen LogP contribution in [0.1, 0.15) is 23.4 Å². The van der Waals surface area contributed by atoms with Gasteiger partial charge in [0.15, 0.2) is 0 Å². The summed E-state index contributed by atoms with van der Waals surface area (Å²) in [7, 11) is 0. The van der Waals surface area contributed by atoms with Crippen LogP contribution in [0.4, 0.5) is 0 Å². The van der Waals surface area contributed by atoms with E-state index in [1.807, 2.05) is 43.3 Å². The van der Waals surface area contributed by atoms with Crippen LogP contribution in [-0.2, 0) is 11.3 Å². The zero-order valence-electron chi connectivity index (χ0n) is 13.8. The van der Waals surface area contributed by atoms with Crippen molar-refractivity contribution >= 4 is 29.0 Å². The quantitative estimate of drug-likeness (QED) is 0.776. The maximum Gasteiger partial charge on any atom is 0.305 e. The predicted octanol–water partition coefficient (Wildman–Crippen LogP) is 3.35. The number of aryl methyl sites for hydroxylation is 1. The molecule has 0 radical (unpaired) electrons. The second kappa shape index (κ2) is 7.13. The van der Waals surface area contributed by atoms with E-state index in [2.05, 4.69) is 4.98 Å². The van der Waals surface area contributed by atoms with Crippen LogP contribution in [0.25, 0.3) is 23.1 Å². The van der Waals surface area contributed by atoms with Gasteiger partial charge in [0.05, 0.1) is 17.3 Å². The maximum atomic E-state index is 12.7.